The Balaban J connectivity index is 1.71. The number of quaternary nitrogens is 1. The Labute approximate surface area is 190 Å². The van der Waals surface area contributed by atoms with Crippen molar-refractivity contribution in [3.8, 4) is 11.5 Å². The first-order valence-electron chi connectivity index (χ1n) is 10.7. The van der Waals surface area contributed by atoms with Crippen LogP contribution in [0.5, 0.6) is 11.5 Å². The number of nitrogens with one attached hydrogen (secondary N) is 1. The smallest absolute Gasteiger partial charge is 0.232 e. The van der Waals surface area contributed by atoms with Crippen molar-refractivity contribution in [2.24, 2.45) is 0 Å². The number of furan rings is 1. The van der Waals surface area contributed by atoms with E-state index in [1.54, 1.807) is 19.1 Å². The molecule has 0 saturated heterocycles. The van der Waals surface area contributed by atoms with Gasteiger partial charge in [0.05, 0.1) is 18.7 Å². The Bertz CT molecular complexity index is 1170. The maximum absolute atomic E-state index is 13.1. The van der Waals surface area contributed by atoms with Gasteiger partial charge in [0.25, 0.3) is 0 Å². The molecule has 3 aromatic rings. The van der Waals surface area contributed by atoms with E-state index >= 15 is 0 Å². The van der Waals surface area contributed by atoms with Gasteiger partial charge in [-0.15, -0.1) is 0 Å². The molecule has 1 N–H and O–H groups in total. The number of ether oxygens (including phenoxy) is 1. The summed E-state index contributed by atoms with van der Waals surface area (Å²) >= 11 is 3.46. The molecule has 31 heavy (non-hydrogen) atoms. The predicted molar refractivity (Wildman–Crippen MR) is 122 cm³/mol. The van der Waals surface area contributed by atoms with Crippen molar-refractivity contribution in [3.05, 3.63) is 63.0 Å². The van der Waals surface area contributed by atoms with Crippen LogP contribution >= 0.6 is 15.9 Å². The van der Waals surface area contributed by atoms with E-state index in [1.807, 2.05) is 24.3 Å². The van der Waals surface area contributed by atoms with Crippen LogP contribution in [0, 0.1) is 6.92 Å². The number of hydrogen-bond donors (Lipinski definition) is 1. The number of ketones is 1. The molecule has 0 amide bonds. The molecule has 2 heterocycles. The third-order valence-electron chi connectivity index (χ3n) is 5.61. The molecule has 4 rings (SSSR count). The first-order chi connectivity index (χ1) is 14.9. The molecule has 0 bridgehead atoms. The fourth-order valence-corrected chi connectivity index (χ4v) is 4.61. The number of carbonyl (C=O) groups is 1. The van der Waals surface area contributed by atoms with E-state index < -0.39 is 0 Å². The fourth-order valence-electron chi connectivity index (χ4n) is 4.23. The second kappa shape index (κ2) is 8.89. The molecular formula is C25H26BrNO4. The first kappa shape index (κ1) is 21.7. The monoisotopic (exact) mass is 483 g/mol. The molecule has 0 fully saturated rings. The SMILES string of the molecule is CCC[NH+](CCC)Cc1c([O-])cc(C)c2c1O/C(=C\c1cc3cc(Br)ccc3o1)C2=O. The highest BCUT2D eigenvalue weighted by molar-refractivity contribution is 9.10. The molecular weight excluding hydrogens is 458 g/mol. The van der Waals surface area contributed by atoms with Crippen molar-refractivity contribution in [2.75, 3.05) is 13.1 Å². The number of benzene rings is 2. The summed E-state index contributed by atoms with van der Waals surface area (Å²) in [6, 6.07) is 9.17. The van der Waals surface area contributed by atoms with Gasteiger partial charge in [-0.2, -0.15) is 0 Å². The lowest BCUT2D eigenvalue weighted by atomic mass is 9.99. The molecule has 162 valence electrons. The first-order valence-corrected chi connectivity index (χ1v) is 11.5. The molecule has 6 heteroatoms. The minimum absolute atomic E-state index is 0.0661. The van der Waals surface area contributed by atoms with Gasteiger partial charge in [-0.05, 0) is 49.6 Å². The molecule has 0 saturated carbocycles. The summed E-state index contributed by atoms with van der Waals surface area (Å²) in [6.45, 7) is 8.57. The number of fused-ring (bicyclic) bond motifs is 2. The molecule has 5 nitrogen and oxygen atoms in total. The molecule has 0 unspecified atom stereocenters. The third kappa shape index (κ3) is 4.27. The summed E-state index contributed by atoms with van der Waals surface area (Å²) in [5.41, 5.74) is 2.46. The second-order valence-corrected chi connectivity index (χ2v) is 8.99. The Morgan fingerprint density at radius 1 is 1.13 bits per heavy atom. The van der Waals surface area contributed by atoms with E-state index in [0.29, 0.717) is 34.7 Å². The predicted octanol–water partition coefficient (Wildman–Crippen LogP) is 4.40. The summed E-state index contributed by atoms with van der Waals surface area (Å²) in [7, 11) is 0. The van der Waals surface area contributed by atoms with E-state index in [4.69, 9.17) is 9.15 Å². The van der Waals surface area contributed by atoms with Gasteiger partial charge in [0.2, 0.25) is 5.78 Å². The van der Waals surface area contributed by atoms with Gasteiger partial charge in [-0.1, -0.05) is 41.6 Å². The molecule has 1 aromatic heterocycles. The van der Waals surface area contributed by atoms with E-state index in [9.17, 15) is 9.90 Å². The highest BCUT2D eigenvalue weighted by atomic mass is 79.9. The van der Waals surface area contributed by atoms with E-state index in [0.717, 1.165) is 41.4 Å². The molecule has 0 atom stereocenters. The normalized spacial score (nSPS) is 14.6. The minimum atomic E-state index is -0.206. The molecule has 1 aliphatic heterocycles. The van der Waals surface area contributed by atoms with Crippen molar-refractivity contribution >= 4 is 38.8 Å². The number of Topliss-reactive ketones (excluding diaryl/α,β-unsaturated/α-hetero) is 1. The summed E-state index contributed by atoms with van der Waals surface area (Å²) in [5.74, 6) is 0.877. The van der Waals surface area contributed by atoms with E-state index in [1.165, 1.54) is 4.90 Å². The maximum Gasteiger partial charge on any atom is 0.232 e. The van der Waals surface area contributed by atoms with Crippen molar-refractivity contribution in [2.45, 2.75) is 40.2 Å². The van der Waals surface area contributed by atoms with Crippen molar-refractivity contribution in [1.82, 2.24) is 0 Å². The van der Waals surface area contributed by atoms with Gasteiger partial charge in [-0.25, -0.2) is 0 Å². The fraction of sp³-hybridized carbons (Fsp3) is 0.320. The van der Waals surface area contributed by atoms with Crippen LogP contribution in [0.3, 0.4) is 0 Å². The highest BCUT2D eigenvalue weighted by Gasteiger charge is 2.33. The van der Waals surface area contributed by atoms with Gasteiger partial charge in [0.1, 0.15) is 23.6 Å². The van der Waals surface area contributed by atoms with Gasteiger partial charge in [0.15, 0.2) is 5.76 Å². The van der Waals surface area contributed by atoms with Crippen LogP contribution in [0.2, 0.25) is 0 Å². The Hall–Kier alpha value is -2.57. The number of allylic oxidation sites excluding steroid dienone is 1. The van der Waals surface area contributed by atoms with E-state index in [2.05, 4.69) is 29.8 Å². The van der Waals surface area contributed by atoms with Gasteiger partial charge in [-0.3, -0.25) is 4.79 Å². The van der Waals surface area contributed by atoms with Crippen LogP contribution in [0.25, 0.3) is 17.0 Å². The largest absolute Gasteiger partial charge is 0.872 e. The number of aryl methyl sites for hydroxylation is 1. The Morgan fingerprint density at radius 2 is 1.87 bits per heavy atom. The van der Waals surface area contributed by atoms with Crippen LogP contribution in [0.15, 0.2) is 45.0 Å². The third-order valence-corrected chi connectivity index (χ3v) is 6.10. The van der Waals surface area contributed by atoms with Crippen LogP contribution in [0.4, 0.5) is 0 Å². The zero-order chi connectivity index (χ0) is 22.1. The average Bonchev–Trinajstić information content (AvgIpc) is 3.26. The standard InChI is InChI=1S/C25H26BrNO4/c1-4-8-27(9-5-2)14-19-20(28)10-15(3)23-24(29)22(31-25(19)23)13-18-12-16-11-17(26)6-7-21(16)30-18/h6-7,10-13,28H,4-5,8-9,14H2,1-3H3/b22-13-. The summed E-state index contributed by atoms with van der Waals surface area (Å²) in [4.78, 5) is 14.5. The summed E-state index contributed by atoms with van der Waals surface area (Å²) in [5, 5.41) is 13.7. The van der Waals surface area contributed by atoms with Gasteiger partial charge < -0.3 is 19.2 Å². The van der Waals surface area contributed by atoms with Gasteiger partial charge in [0, 0.05) is 21.5 Å². The lowest BCUT2D eigenvalue weighted by molar-refractivity contribution is -0.914. The number of carbonyl (C=O) groups excluding carboxylic acids is 1. The van der Waals surface area contributed by atoms with Gasteiger partial charge >= 0.3 is 0 Å². The zero-order valence-corrected chi connectivity index (χ0v) is 19.6. The summed E-state index contributed by atoms with van der Waals surface area (Å²) < 4.78 is 12.8. The maximum atomic E-state index is 13.1. The minimum Gasteiger partial charge on any atom is -0.872 e. The molecule has 1 aliphatic rings. The number of halogens is 1. The molecule has 0 aliphatic carbocycles. The number of hydrogen-bond acceptors (Lipinski definition) is 4. The quantitative estimate of drug-likeness (QED) is 0.505. The zero-order valence-electron chi connectivity index (χ0n) is 18.0. The Morgan fingerprint density at radius 3 is 2.58 bits per heavy atom. The topological polar surface area (TPSA) is 66.9 Å². The molecule has 0 radical (unpaired) electrons. The van der Waals surface area contributed by atoms with Crippen LogP contribution in [-0.2, 0) is 6.54 Å². The van der Waals surface area contributed by atoms with Crippen LogP contribution in [-0.4, -0.2) is 18.9 Å². The molecule has 0 spiro atoms. The summed E-state index contributed by atoms with van der Waals surface area (Å²) in [6.07, 6.45) is 3.68. The van der Waals surface area contributed by atoms with Crippen molar-refractivity contribution in [1.29, 1.82) is 0 Å². The van der Waals surface area contributed by atoms with Crippen LogP contribution in [0.1, 0.15) is 53.9 Å². The lowest BCUT2D eigenvalue weighted by Gasteiger charge is -2.23. The lowest BCUT2D eigenvalue weighted by Crippen LogP contribution is -3.10. The Kier molecular flexibility index (Phi) is 6.21. The van der Waals surface area contributed by atoms with Crippen LogP contribution < -0.4 is 14.7 Å². The highest BCUT2D eigenvalue weighted by Crippen LogP contribution is 2.40. The number of rotatable bonds is 7. The van der Waals surface area contributed by atoms with E-state index in [-0.39, 0.29) is 17.3 Å². The average molecular weight is 484 g/mol. The van der Waals surface area contributed by atoms with Crippen molar-refractivity contribution < 1.29 is 24.0 Å². The second-order valence-electron chi connectivity index (χ2n) is 8.07. The van der Waals surface area contributed by atoms with Crippen molar-refractivity contribution in [3.63, 3.8) is 0 Å². The molecule has 2 aromatic carbocycles.